The van der Waals surface area contributed by atoms with Gasteiger partial charge >= 0.3 is 0 Å². The molecule has 3 nitrogen and oxygen atoms in total. The Bertz CT molecular complexity index is 465. The number of amides is 1. The minimum atomic E-state index is 0.200. The molecule has 1 aromatic rings. The molecule has 1 aliphatic heterocycles. The quantitative estimate of drug-likeness (QED) is 0.844. The molecule has 0 aromatic heterocycles. The second-order valence-electron chi connectivity index (χ2n) is 6.46. The third-order valence-electron chi connectivity index (χ3n) is 5.06. The molecule has 0 atom stereocenters. The lowest BCUT2D eigenvalue weighted by Crippen LogP contribution is -2.38. The SMILES string of the molecule is CN(C(=O)CN1CCC2(CCCC2)C1)c1ccccc1. The van der Waals surface area contributed by atoms with Crippen molar-refractivity contribution in [2.75, 3.05) is 31.6 Å². The molecule has 2 aliphatic rings. The van der Waals surface area contributed by atoms with Gasteiger partial charge in [0.15, 0.2) is 0 Å². The molecule has 1 amide bonds. The predicted molar refractivity (Wildman–Crippen MR) is 81.8 cm³/mol. The number of para-hydroxylation sites is 1. The molecule has 1 saturated carbocycles. The summed E-state index contributed by atoms with van der Waals surface area (Å²) in [6.07, 6.45) is 6.78. The van der Waals surface area contributed by atoms with Gasteiger partial charge in [0.05, 0.1) is 6.54 Å². The highest BCUT2D eigenvalue weighted by Gasteiger charge is 2.40. The zero-order valence-corrected chi connectivity index (χ0v) is 12.3. The highest BCUT2D eigenvalue weighted by molar-refractivity contribution is 5.94. The number of anilines is 1. The molecule has 2 fully saturated rings. The van der Waals surface area contributed by atoms with Crippen LogP contribution in [0.2, 0.25) is 0 Å². The van der Waals surface area contributed by atoms with Gasteiger partial charge in [-0.2, -0.15) is 0 Å². The first kappa shape index (κ1) is 13.6. The number of nitrogens with zero attached hydrogens (tertiary/aromatic N) is 2. The molecular formula is C17H24N2O. The molecule has 1 saturated heterocycles. The zero-order chi connectivity index (χ0) is 14.0. The Hall–Kier alpha value is -1.35. The number of likely N-dealkylation sites (N-methyl/N-ethyl adjacent to an activating group) is 1. The van der Waals surface area contributed by atoms with E-state index in [0.717, 1.165) is 18.8 Å². The van der Waals surface area contributed by atoms with Crippen LogP contribution in [0.1, 0.15) is 32.1 Å². The monoisotopic (exact) mass is 272 g/mol. The van der Waals surface area contributed by atoms with Gasteiger partial charge in [0.1, 0.15) is 0 Å². The van der Waals surface area contributed by atoms with Crippen molar-refractivity contribution in [2.24, 2.45) is 5.41 Å². The Kier molecular flexibility index (Phi) is 3.79. The highest BCUT2D eigenvalue weighted by atomic mass is 16.2. The molecule has 1 heterocycles. The van der Waals surface area contributed by atoms with Crippen molar-refractivity contribution in [1.29, 1.82) is 0 Å². The molecule has 1 spiro atoms. The minimum Gasteiger partial charge on any atom is -0.314 e. The molecule has 0 N–H and O–H groups in total. The van der Waals surface area contributed by atoms with Crippen LogP contribution in [0.3, 0.4) is 0 Å². The number of hydrogen-bond acceptors (Lipinski definition) is 2. The molecule has 108 valence electrons. The summed E-state index contributed by atoms with van der Waals surface area (Å²) in [5.74, 6) is 0.200. The summed E-state index contributed by atoms with van der Waals surface area (Å²) >= 11 is 0. The van der Waals surface area contributed by atoms with Gasteiger partial charge in [-0.15, -0.1) is 0 Å². The summed E-state index contributed by atoms with van der Waals surface area (Å²) in [6.45, 7) is 2.78. The van der Waals surface area contributed by atoms with Crippen molar-refractivity contribution in [3.63, 3.8) is 0 Å². The van der Waals surface area contributed by atoms with Crippen LogP contribution < -0.4 is 4.90 Å². The molecule has 3 rings (SSSR count). The summed E-state index contributed by atoms with van der Waals surface area (Å²) in [5.41, 5.74) is 1.53. The molecule has 3 heteroatoms. The van der Waals surface area contributed by atoms with Crippen LogP contribution in [-0.2, 0) is 4.79 Å². The van der Waals surface area contributed by atoms with Crippen LogP contribution in [0, 0.1) is 5.41 Å². The zero-order valence-electron chi connectivity index (χ0n) is 12.3. The van der Waals surface area contributed by atoms with Crippen LogP contribution in [-0.4, -0.2) is 37.5 Å². The second kappa shape index (κ2) is 5.57. The molecule has 20 heavy (non-hydrogen) atoms. The third-order valence-corrected chi connectivity index (χ3v) is 5.06. The topological polar surface area (TPSA) is 23.6 Å². The number of carbonyl (C=O) groups is 1. The first-order chi connectivity index (χ1) is 9.69. The van der Waals surface area contributed by atoms with E-state index >= 15 is 0 Å². The average Bonchev–Trinajstić information content (AvgIpc) is 3.09. The fourth-order valence-corrected chi connectivity index (χ4v) is 3.79. The van der Waals surface area contributed by atoms with Gasteiger partial charge in [0.25, 0.3) is 0 Å². The van der Waals surface area contributed by atoms with Gasteiger partial charge in [0, 0.05) is 19.3 Å². The van der Waals surface area contributed by atoms with Crippen molar-refractivity contribution >= 4 is 11.6 Å². The van der Waals surface area contributed by atoms with Gasteiger partial charge in [-0.25, -0.2) is 0 Å². The standard InChI is InChI=1S/C17H24N2O/c1-18(15-7-3-2-4-8-15)16(20)13-19-12-11-17(14-19)9-5-6-10-17/h2-4,7-8H,5-6,9-14H2,1H3. The van der Waals surface area contributed by atoms with E-state index in [2.05, 4.69) is 4.90 Å². The first-order valence-electron chi connectivity index (χ1n) is 7.73. The maximum atomic E-state index is 12.4. The van der Waals surface area contributed by atoms with Crippen LogP contribution >= 0.6 is 0 Å². The second-order valence-corrected chi connectivity index (χ2v) is 6.46. The lowest BCUT2D eigenvalue weighted by Gasteiger charge is -2.25. The van der Waals surface area contributed by atoms with Gasteiger partial charge < -0.3 is 4.90 Å². The Labute approximate surface area is 121 Å². The van der Waals surface area contributed by atoms with Crippen LogP contribution in [0.5, 0.6) is 0 Å². The maximum Gasteiger partial charge on any atom is 0.240 e. The van der Waals surface area contributed by atoms with E-state index in [-0.39, 0.29) is 5.91 Å². The van der Waals surface area contributed by atoms with Crippen molar-refractivity contribution in [3.05, 3.63) is 30.3 Å². The van der Waals surface area contributed by atoms with Gasteiger partial charge in [-0.05, 0) is 43.4 Å². The summed E-state index contributed by atoms with van der Waals surface area (Å²) in [7, 11) is 1.87. The summed E-state index contributed by atoms with van der Waals surface area (Å²) in [6, 6.07) is 9.90. The largest absolute Gasteiger partial charge is 0.314 e. The summed E-state index contributed by atoms with van der Waals surface area (Å²) in [4.78, 5) is 16.5. The smallest absolute Gasteiger partial charge is 0.240 e. The van der Waals surface area contributed by atoms with E-state index in [9.17, 15) is 4.79 Å². The minimum absolute atomic E-state index is 0.200. The predicted octanol–water partition coefficient (Wildman–Crippen LogP) is 2.92. The lowest BCUT2D eigenvalue weighted by molar-refractivity contribution is -0.119. The Balaban J connectivity index is 1.57. The molecule has 0 radical (unpaired) electrons. The Morgan fingerprint density at radius 2 is 1.90 bits per heavy atom. The number of benzene rings is 1. The molecule has 1 aliphatic carbocycles. The highest BCUT2D eigenvalue weighted by Crippen LogP contribution is 2.45. The fourth-order valence-electron chi connectivity index (χ4n) is 3.79. The molecular weight excluding hydrogens is 248 g/mol. The summed E-state index contributed by atoms with van der Waals surface area (Å²) in [5, 5.41) is 0. The number of hydrogen-bond donors (Lipinski definition) is 0. The summed E-state index contributed by atoms with van der Waals surface area (Å²) < 4.78 is 0. The number of carbonyl (C=O) groups excluding carboxylic acids is 1. The van der Waals surface area contributed by atoms with Crippen LogP contribution in [0.4, 0.5) is 5.69 Å². The Morgan fingerprint density at radius 3 is 2.60 bits per heavy atom. The van der Waals surface area contributed by atoms with Crippen molar-refractivity contribution in [2.45, 2.75) is 32.1 Å². The Morgan fingerprint density at radius 1 is 1.20 bits per heavy atom. The first-order valence-corrected chi connectivity index (χ1v) is 7.73. The normalized spacial score (nSPS) is 21.4. The third kappa shape index (κ3) is 2.73. The van der Waals surface area contributed by atoms with Gasteiger partial charge in [-0.1, -0.05) is 31.0 Å². The van der Waals surface area contributed by atoms with E-state index < -0.39 is 0 Å². The average molecular weight is 272 g/mol. The van der Waals surface area contributed by atoms with Gasteiger partial charge in [-0.3, -0.25) is 9.69 Å². The maximum absolute atomic E-state index is 12.4. The lowest BCUT2D eigenvalue weighted by atomic mass is 9.86. The number of rotatable bonds is 3. The van der Waals surface area contributed by atoms with E-state index in [0.29, 0.717) is 12.0 Å². The van der Waals surface area contributed by atoms with E-state index in [4.69, 9.17) is 0 Å². The van der Waals surface area contributed by atoms with E-state index in [1.807, 2.05) is 37.4 Å². The van der Waals surface area contributed by atoms with Crippen molar-refractivity contribution in [1.82, 2.24) is 4.90 Å². The van der Waals surface area contributed by atoms with E-state index in [1.54, 1.807) is 4.90 Å². The number of likely N-dealkylation sites (tertiary alicyclic amines) is 1. The van der Waals surface area contributed by atoms with E-state index in [1.165, 1.54) is 32.1 Å². The fraction of sp³-hybridized carbons (Fsp3) is 0.588. The van der Waals surface area contributed by atoms with Gasteiger partial charge in [0.2, 0.25) is 5.91 Å². The van der Waals surface area contributed by atoms with Crippen LogP contribution in [0.25, 0.3) is 0 Å². The van der Waals surface area contributed by atoms with Crippen molar-refractivity contribution < 1.29 is 4.79 Å². The van der Waals surface area contributed by atoms with Crippen molar-refractivity contribution in [3.8, 4) is 0 Å². The van der Waals surface area contributed by atoms with Crippen LogP contribution in [0.15, 0.2) is 30.3 Å². The molecule has 1 aromatic carbocycles. The molecule has 0 unspecified atom stereocenters. The molecule has 0 bridgehead atoms.